The van der Waals surface area contributed by atoms with Crippen LogP contribution in [-0.4, -0.2) is 25.8 Å². The lowest BCUT2D eigenvalue weighted by Crippen LogP contribution is -2.35. The average Bonchev–Trinajstić information content (AvgIpc) is 2.59. The molecule has 1 aliphatic rings. The predicted molar refractivity (Wildman–Crippen MR) is 106 cm³/mol. The highest BCUT2D eigenvalue weighted by Gasteiger charge is 2.36. The zero-order chi connectivity index (χ0) is 19.7. The molecule has 1 heterocycles. The smallest absolute Gasteiger partial charge is 0.416 e. The fourth-order valence-corrected chi connectivity index (χ4v) is 3.39. The highest BCUT2D eigenvalue weighted by molar-refractivity contribution is 5.85. The molecule has 0 amide bonds. The van der Waals surface area contributed by atoms with Gasteiger partial charge in [-0.05, 0) is 51.1 Å². The number of hydrogen-bond donors (Lipinski definition) is 1. The molecule has 0 fully saturated rings. The molecule has 1 aliphatic heterocycles. The van der Waals surface area contributed by atoms with Crippen molar-refractivity contribution in [3.8, 4) is 11.5 Å². The van der Waals surface area contributed by atoms with Gasteiger partial charge in [-0.1, -0.05) is 18.2 Å². The maximum absolute atomic E-state index is 12.9. The molecule has 3 rings (SSSR count). The minimum atomic E-state index is -4.33. The minimum Gasteiger partial charge on any atom is -0.492 e. The summed E-state index contributed by atoms with van der Waals surface area (Å²) >= 11 is 0. The first-order chi connectivity index (χ1) is 12.7. The molecule has 154 valence electrons. The van der Waals surface area contributed by atoms with Crippen LogP contribution in [0.2, 0.25) is 0 Å². The van der Waals surface area contributed by atoms with Gasteiger partial charge in [-0.2, -0.15) is 13.2 Å². The monoisotopic (exact) mass is 415 g/mol. The van der Waals surface area contributed by atoms with Crippen LogP contribution in [-0.2, 0) is 6.18 Å². The van der Waals surface area contributed by atoms with Crippen LogP contribution >= 0.6 is 12.4 Å². The van der Waals surface area contributed by atoms with Crippen molar-refractivity contribution in [2.75, 3.05) is 20.2 Å². The number of fused-ring (bicyclic) bond motifs is 1. The van der Waals surface area contributed by atoms with Crippen molar-refractivity contribution in [2.45, 2.75) is 38.0 Å². The molecule has 0 radical (unpaired) electrons. The van der Waals surface area contributed by atoms with E-state index in [4.69, 9.17) is 9.47 Å². The third-order valence-corrected chi connectivity index (χ3v) is 4.70. The summed E-state index contributed by atoms with van der Waals surface area (Å²) in [6.07, 6.45) is -3.64. The highest BCUT2D eigenvalue weighted by atomic mass is 35.5. The zero-order valence-electron chi connectivity index (χ0n) is 16.1. The fourth-order valence-electron chi connectivity index (χ4n) is 3.39. The Balaban J connectivity index is 0.00000280. The number of hydrogen-bond acceptors (Lipinski definition) is 3. The van der Waals surface area contributed by atoms with Gasteiger partial charge >= 0.3 is 6.18 Å². The van der Waals surface area contributed by atoms with Crippen LogP contribution in [0.25, 0.3) is 0 Å². The number of benzene rings is 2. The molecule has 3 nitrogen and oxygen atoms in total. The summed E-state index contributed by atoms with van der Waals surface area (Å²) in [6, 6.07) is 11.1. The van der Waals surface area contributed by atoms with Gasteiger partial charge in [-0.3, -0.25) is 0 Å². The Hall–Kier alpha value is -1.92. The molecule has 2 aromatic carbocycles. The second-order valence-corrected chi connectivity index (χ2v) is 7.39. The summed E-state index contributed by atoms with van der Waals surface area (Å²) < 4.78 is 50.4. The molecule has 28 heavy (non-hydrogen) atoms. The van der Waals surface area contributed by atoms with Crippen LogP contribution in [0.1, 0.15) is 42.9 Å². The van der Waals surface area contributed by atoms with Gasteiger partial charge in [0.05, 0.1) is 5.56 Å². The summed E-state index contributed by atoms with van der Waals surface area (Å²) in [6.45, 7) is 5.25. The fraction of sp³-hybridized carbons (Fsp3) is 0.429. The van der Waals surface area contributed by atoms with Crippen molar-refractivity contribution < 1.29 is 22.6 Å². The van der Waals surface area contributed by atoms with E-state index in [2.05, 4.69) is 5.32 Å². The first-order valence-corrected chi connectivity index (χ1v) is 8.97. The molecule has 1 N–H and O–H groups in total. The van der Waals surface area contributed by atoms with Gasteiger partial charge in [0.1, 0.15) is 23.7 Å². The number of likely N-dealkylation sites (N-methyl/N-ethyl adjacent to an activating group) is 1. The van der Waals surface area contributed by atoms with E-state index < -0.39 is 17.3 Å². The van der Waals surface area contributed by atoms with Crippen molar-refractivity contribution in [1.29, 1.82) is 0 Å². The van der Waals surface area contributed by atoms with Gasteiger partial charge in [0.15, 0.2) is 0 Å². The third-order valence-electron chi connectivity index (χ3n) is 4.70. The molecule has 0 saturated heterocycles. The first kappa shape index (κ1) is 22.4. The van der Waals surface area contributed by atoms with Crippen LogP contribution in [0.4, 0.5) is 13.2 Å². The number of alkyl halides is 3. The Labute approximate surface area is 169 Å². The van der Waals surface area contributed by atoms with E-state index >= 15 is 0 Å². The van der Waals surface area contributed by atoms with Crippen LogP contribution in [0, 0.1) is 0 Å². The van der Waals surface area contributed by atoms with Crippen LogP contribution in [0.15, 0.2) is 42.5 Å². The Bertz CT molecular complexity index is 791. The Morgan fingerprint density at radius 1 is 1.14 bits per heavy atom. The Kier molecular flexibility index (Phi) is 6.88. The quantitative estimate of drug-likeness (QED) is 0.661. The van der Waals surface area contributed by atoms with Crippen molar-refractivity contribution in [3.05, 3.63) is 59.2 Å². The lowest BCUT2D eigenvalue weighted by Gasteiger charge is -2.38. The van der Waals surface area contributed by atoms with Crippen LogP contribution in [0.3, 0.4) is 0 Å². The summed E-state index contributed by atoms with van der Waals surface area (Å²) in [5.41, 5.74) is 0.759. The van der Waals surface area contributed by atoms with Gasteiger partial charge in [0, 0.05) is 24.1 Å². The lowest BCUT2D eigenvalue weighted by molar-refractivity contribution is -0.137. The maximum Gasteiger partial charge on any atom is 0.416 e. The van der Waals surface area contributed by atoms with Gasteiger partial charge in [0.25, 0.3) is 0 Å². The van der Waals surface area contributed by atoms with Gasteiger partial charge in [0.2, 0.25) is 0 Å². The molecule has 0 saturated carbocycles. The normalized spacial score (nSPS) is 17.9. The summed E-state index contributed by atoms with van der Waals surface area (Å²) in [4.78, 5) is 0. The second-order valence-electron chi connectivity index (χ2n) is 7.39. The number of ether oxygens (including phenoxy) is 2. The molecular weight excluding hydrogens is 391 g/mol. The van der Waals surface area contributed by atoms with E-state index in [0.717, 1.165) is 35.6 Å². The van der Waals surface area contributed by atoms with Crippen molar-refractivity contribution in [1.82, 2.24) is 5.32 Å². The minimum absolute atomic E-state index is 0. The molecule has 0 aliphatic carbocycles. The van der Waals surface area contributed by atoms with Crippen molar-refractivity contribution in [3.63, 3.8) is 0 Å². The SMILES string of the molecule is CNCCOc1ccc2c(c1)OC(C)(C)CC2c1ccc(C(F)(F)F)cc1.Cl. The summed E-state index contributed by atoms with van der Waals surface area (Å²) in [7, 11) is 1.86. The van der Waals surface area contributed by atoms with Crippen LogP contribution in [0.5, 0.6) is 11.5 Å². The lowest BCUT2D eigenvalue weighted by atomic mass is 9.80. The van der Waals surface area contributed by atoms with Crippen molar-refractivity contribution in [2.24, 2.45) is 0 Å². The summed E-state index contributed by atoms with van der Waals surface area (Å²) in [5, 5.41) is 3.02. The van der Waals surface area contributed by atoms with Gasteiger partial charge < -0.3 is 14.8 Å². The average molecular weight is 416 g/mol. The number of halogens is 4. The summed E-state index contributed by atoms with van der Waals surface area (Å²) in [5.74, 6) is 1.41. The molecule has 0 aromatic heterocycles. The number of nitrogens with one attached hydrogen (secondary N) is 1. The molecule has 1 unspecified atom stereocenters. The second kappa shape index (κ2) is 8.62. The van der Waals surface area contributed by atoms with E-state index in [-0.39, 0.29) is 18.3 Å². The van der Waals surface area contributed by atoms with Crippen molar-refractivity contribution >= 4 is 12.4 Å². The van der Waals surface area contributed by atoms with Gasteiger partial charge in [-0.25, -0.2) is 0 Å². The van der Waals surface area contributed by atoms with E-state index in [1.54, 1.807) is 12.1 Å². The standard InChI is InChI=1S/C21H24F3NO2.ClH/c1-20(2)13-18(14-4-6-15(7-5-14)21(22,23)24)17-9-8-16(12-19(17)27-20)26-11-10-25-3;/h4-9,12,18,25H,10-11,13H2,1-3H3;1H. The first-order valence-electron chi connectivity index (χ1n) is 8.97. The molecule has 0 bridgehead atoms. The van der Waals surface area contributed by atoms with E-state index in [0.29, 0.717) is 18.8 Å². The third kappa shape index (κ3) is 5.11. The highest BCUT2D eigenvalue weighted by Crippen LogP contribution is 2.45. The van der Waals surface area contributed by atoms with E-state index in [1.165, 1.54) is 0 Å². The topological polar surface area (TPSA) is 30.5 Å². The molecule has 1 atom stereocenters. The molecule has 0 spiro atoms. The Morgan fingerprint density at radius 3 is 2.43 bits per heavy atom. The largest absolute Gasteiger partial charge is 0.492 e. The number of rotatable bonds is 5. The van der Waals surface area contributed by atoms with Crippen LogP contribution < -0.4 is 14.8 Å². The van der Waals surface area contributed by atoms with E-state index in [9.17, 15) is 13.2 Å². The van der Waals surface area contributed by atoms with E-state index in [1.807, 2.05) is 39.1 Å². The Morgan fingerprint density at radius 2 is 1.82 bits per heavy atom. The molecule has 7 heteroatoms. The van der Waals surface area contributed by atoms with Gasteiger partial charge in [-0.15, -0.1) is 12.4 Å². The molecule has 2 aromatic rings. The zero-order valence-corrected chi connectivity index (χ0v) is 16.9. The maximum atomic E-state index is 12.9. The predicted octanol–water partition coefficient (Wildman–Crippen LogP) is 5.42. The molecular formula is C21H25ClF3NO2.